The van der Waals surface area contributed by atoms with Gasteiger partial charge in [-0.3, -0.25) is 0 Å². The molecule has 2 heterocycles. The van der Waals surface area contributed by atoms with Crippen LogP contribution in [0.4, 0.5) is 5.69 Å². The SMILES string of the molecule is [C-]#[N+]c1ccc(-n2c3ccccc3c3cc(-c4ccc5c6ccccc6n(-c6ccccc6)c5c4)ccc32)c(-c2ccccc2)c1. The number of fused-ring (bicyclic) bond motifs is 6. The Kier molecular flexibility index (Phi) is 5.88. The molecule has 0 atom stereocenters. The minimum Gasteiger partial charge on any atom is -0.309 e. The lowest BCUT2D eigenvalue weighted by Crippen LogP contribution is -1.97. The second-order valence-corrected chi connectivity index (χ2v) is 11.7. The van der Waals surface area contributed by atoms with Crippen molar-refractivity contribution in [2.45, 2.75) is 0 Å². The summed E-state index contributed by atoms with van der Waals surface area (Å²) in [5, 5.41) is 4.90. The normalized spacial score (nSPS) is 11.5. The summed E-state index contributed by atoms with van der Waals surface area (Å²) in [6, 6.07) is 57.9. The number of benzene rings is 7. The molecule has 0 spiro atoms. The molecule has 3 heteroatoms. The standard InChI is InChI=1S/C43H27N3/c1-44-32-22-25-41(37(28-32)29-12-4-2-5-13-29)46-40-19-11-9-17-35(40)38-26-30(21-24-42(38)46)31-20-23-36-34-16-8-10-18-39(34)45(43(36)27-31)33-14-6-3-7-15-33/h2-28H. The van der Waals surface area contributed by atoms with Crippen LogP contribution in [0.5, 0.6) is 0 Å². The summed E-state index contributed by atoms with van der Waals surface area (Å²) in [7, 11) is 0. The van der Waals surface area contributed by atoms with E-state index in [0.29, 0.717) is 5.69 Å². The Morgan fingerprint density at radius 2 is 0.978 bits per heavy atom. The zero-order valence-electron chi connectivity index (χ0n) is 24.9. The fraction of sp³-hybridized carbons (Fsp3) is 0. The van der Waals surface area contributed by atoms with Crippen LogP contribution in [0.1, 0.15) is 0 Å². The van der Waals surface area contributed by atoms with Crippen molar-refractivity contribution in [1.82, 2.24) is 9.13 Å². The van der Waals surface area contributed by atoms with Crippen molar-refractivity contribution < 1.29 is 0 Å². The molecule has 0 saturated carbocycles. The molecule has 7 aromatic carbocycles. The van der Waals surface area contributed by atoms with E-state index in [1.165, 1.54) is 43.7 Å². The smallest absolute Gasteiger partial charge is 0.188 e. The predicted molar refractivity (Wildman–Crippen MR) is 192 cm³/mol. The second kappa shape index (κ2) is 10.4. The van der Waals surface area contributed by atoms with Gasteiger partial charge in [-0.25, -0.2) is 4.85 Å². The maximum absolute atomic E-state index is 7.68. The summed E-state index contributed by atoms with van der Waals surface area (Å²) >= 11 is 0. The zero-order chi connectivity index (χ0) is 30.6. The number of hydrogen-bond donors (Lipinski definition) is 0. The molecule has 0 aliphatic rings. The maximum Gasteiger partial charge on any atom is 0.188 e. The average molecular weight is 586 g/mol. The third kappa shape index (κ3) is 3.98. The number of nitrogens with zero attached hydrogens (tertiary/aromatic N) is 3. The van der Waals surface area contributed by atoms with Gasteiger partial charge < -0.3 is 9.13 Å². The van der Waals surface area contributed by atoms with Crippen molar-refractivity contribution in [2.24, 2.45) is 0 Å². The predicted octanol–water partition coefficient (Wildman–Crippen LogP) is 11.8. The van der Waals surface area contributed by atoms with E-state index >= 15 is 0 Å². The third-order valence-corrected chi connectivity index (χ3v) is 9.13. The van der Waals surface area contributed by atoms with Crippen LogP contribution in [0.15, 0.2) is 164 Å². The fourth-order valence-electron chi connectivity index (χ4n) is 7.05. The number of hydrogen-bond acceptors (Lipinski definition) is 0. The van der Waals surface area contributed by atoms with E-state index in [1.807, 2.05) is 18.2 Å². The van der Waals surface area contributed by atoms with Crippen molar-refractivity contribution in [1.29, 1.82) is 0 Å². The first-order chi connectivity index (χ1) is 22.8. The average Bonchev–Trinajstić information content (AvgIpc) is 3.64. The van der Waals surface area contributed by atoms with Gasteiger partial charge in [-0.2, -0.15) is 0 Å². The first kappa shape index (κ1) is 26.1. The van der Waals surface area contributed by atoms with Gasteiger partial charge in [-0.05, 0) is 76.9 Å². The van der Waals surface area contributed by atoms with Gasteiger partial charge in [0, 0.05) is 27.2 Å². The van der Waals surface area contributed by atoms with Crippen molar-refractivity contribution >= 4 is 49.3 Å². The molecule has 0 aliphatic heterocycles. The minimum absolute atomic E-state index is 0.633. The van der Waals surface area contributed by atoms with Gasteiger partial charge in [0.2, 0.25) is 0 Å². The van der Waals surface area contributed by atoms with E-state index in [0.717, 1.165) is 33.5 Å². The molecule has 3 nitrogen and oxygen atoms in total. The second-order valence-electron chi connectivity index (χ2n) is 11.7. The Morgan fingerprint density at radius 1 is 0.391 bits per heavy atom. The van der Waals surface area contributed by atoms with E-state index in [9.17, 15) is 0 Å². The van der Waals surface area contributed by atoms with Gasteiger partial charge in [0.25, 0.3) is 0 Å². The number of aromatic nitrogens is 2. The Morgan fingerprint density at radius 3 is 1.74 bits per heavy atom. The summed E-state index contributed by atoms with van der Waals surface area (Å²) in [5.74, 6) is 0. The zero-order valence-corrected chi connectivity index (χ0v) is 24.9. The van der Waals surface area contributed by atoms with E-state index in [-0.39, 0.29) is 0 Å². The summed E-state index contributed by atoms with van der Waals surface area (Å²) in [5.41, 5.74) is 12.0. The van der Waals surface area contributed by atoms with Crippen LogP contribution in [0.25, 0.3) is 82.1 Å². The highest BCUT2D eigenvalue weighted by Gasteiger charge is 2.18. The van der Waals surface area contributed by atoms with Crippen molar-refractivity contribution in [2.75, 3.05) is 0 Å². The van der Waals surface area contributed by atoms with Crippen molar-refractivity contribution in [3.63, 3.8) is 0 Å². The van der Waals surface area contributed by atoms with E-state index in [1.54, 1.807) is 0 Å². The quantitative estimate of drug-likeness (QED) is 0.182. The largest absolute Gasteiger partial charge is 0.309 e. The molecule has 9 rings (SSSR count). The topological polar surface area (TPSA) is 14.2 Å². The highest BCUT2D eigenvalue weighted by molar-refractivity contribution is 6.12. The third-order valence-electron chi connectivity index (χ3n) is 9.13. The van der Waals surface area contributed by atoms with Gasteiger partial charge in [0.05, 0.1) is 34.3 Å². The van der Waals surface area contributed by atoms with Gasteiger partial charge in [-0.1, -0.05) is 109 Å². The molecule has 46 heavy (non-hydrogen) atoms. The lowest BCUT2D eigenvalue weighted by molar-refractivity contribution is 1.18. The van der Waals surface area contributed by atoms with Crippen LogP contribution in [0.2, 0.25) is 0 Å². The molecular weight excluding hydrogens is 558 g/mol. The Labute approximate surface area is 266 Å². The molecular formula is C43H27N3. The van der Waals surface area contributed by atoms with Crippen LogP contribution >= 0.6 is 0 Å². The van der Waals surface area contributed by atoms with Crippen LogP contribution in [-0.2, 0) is 0 Å². The first-order valence-corrected chi connectivity index (χ1v) is 15.5. The number of rotatable bonds is 4. The van der Waals surface area contributed by atoms with E-state index in [2.05, 4.69) is 160 Å². The molecule has 9 aromatic rings. The van der Waals surface area contributed by atoms with Crippen LogP contribution < -0.4 is 0 Å². The van der Waals surface area contributed by atoms with Crippen molar-refractivity contribution in [3.05, 3.63) is 175 Å². The highest BCUT2D eigenvalue weighted by Crippen LogP contribution is 2.40. The van der Waals surface area contributed by atoms with Gasteiger partial charge in [0.1, 0.15) is 0 Å². The maximum atomic E-state index is 7.68. The molecule has 0 aliphatic carbocycles. The first-order valence-electron chi connectivity index (χ1n) is 15.5. The van der Waals surface area contributed by atoms with E-state index < -0.39 is 0 Å². The molecule has 0 unspecified atom stereocenters. The summed E-state index contributed by atoms with van der Waals surface area (Å²) < 4.78 is 4.72. The molecule has 214 valence electrons. The van der Waals surface area contributed by atoms with Gasteiger partial charge >= 0.3 is 0 Å². The fourth-order valence-corrected chi connectivity index (χ4v) is 7.05. The van der Waals surface area contributed by atoms with Gasteiger partial charge in [0.15, 0.2) is 5.69 Å². The minimum atomic E-state index is 0.633. The Hall–Kier alpha value is -6.37. The van der Waals surface area contributed by atoms with Crippen molar-refractivity contribution in [3.8, 4) is 33.6 Å². The molecule has 0 radical (unpaired) electrons. The molecule has 0 saturated heterocycles. The van der Waals surface area contributed by atoms with Crippen LogP contribution in [-0.4, -0.2) is 9.13 Å². The molecule has 2 aromatic heterocycles. The lowest BCUT2D eigenvalue weighted by Gasteiger charge is -2.15. The molecule has 0 amide bonds. The summed E-state index contributed by atoms with van der Waals surface area (Å²) in [6.45, 7) is 7.68. The summed E-state index contributed by atoms with van der Waals surface area (Å²) in [4.78, 5) is 3.75. The highest BCUT2D eigenvalue weighted by atomic mass is 15.0. The molecule has 0 bridgehead atoms. The van der Waals surface area contributed by atoms with Crippen LogP contribution in [0.3, 0.4) is 0 Å². The van der Waals surface area contributed by atoms with Crippen LogP contribution in [0, 0.1) is 6.57 Å². The summed E-state index contributed by atoms with van der Waals surface area (Å²) in [6.07, 6.45) is 0. The molecule has 0 fully saturated rings. The monoisotopic (exact) mass is 585 g/mol. The van der Waals surface area contributed by atoms with E-state index in [4.69, 9.17) is 6.57 Å². The number of para-hydroxylation sites is 3. The van der Waals surface area contributed by atoms with Gasteiger partial charge in [-0.15, -0.1) is 0 Å². The molecule has 0 N–H and O–H groups in total. The Bertz CT molecular complexity index is 2630. The lowest BCUT2D eigenvalue weighted by atomic mass is 10.0. The Balaban J connectivity index is 1.28.